The van der Waals surface area contributed by atoms with Crippen molar-refractivity contribution in [2.24, 2.45) is 0 Å². The lowest BCUT2D eigenvalue weighted by atomic mass is 9.95. The molecule has 8 N–H and O–H groups in total. The highest BCUT2D eigenvalue weighted by molar-refractivity contribution is 6.01. The minimum Gasteiger partial charge on any atom is -0.444 e. The van der Waals surface area contributed by atoms with Gasteiger partial charge in [-0.05, 0) is 85.7 Å². The fourth-order valence-electron chi connectivity index (χ4n) is 9.14. The highest BCUT2D eigenvalue weighted by Gasteiger charge is 2.31. The Morgan fingerprint density at radius 3 is 1.44 bits per heavy atom. The van der Waals surface area contributed by atoms with Crippen LogP contribution in [-0.2, 0) is 31.9 Å². The lowest BCUT2D eigenvalue weighted by Gasteiger charge is -2.21. The van der Waals surface area contributed by atoms with E-state index in [1.165, 1.54) is 22.2 Å². The first-order chi connectivity index (χ1) is 32.6. The molecule has 4 aliphatic rings. The molecule has 2 aromatic carbocycles. The highest BCUT2D eigenvalue weighted by Crippen LogP contribution is 2.40. The van der Waals surface area contributed by atoms with Crippen LogP contribution in [0.5, 0.6) is 0 Å². The van der Waals surface area contributed by atoms with Crippen LogP contribution in [0, 0.1) is 25.5 Å². The van der Waals surface area contributed by atoms with Gasteiger partial charge in [-0.15, -0.1) is 0 Å². The second-order valence-corrected chi connectivity index (χ2v) is 17.4. The van der Waals surface area contributed by atoms with Gasteiger partial charge in [-0.1, -0.05) is 0 Å². The number of halogens is 2. The third-order valence-corrected chi connectivity index (χ3v) is 12.8. The molecule has 0 saturated carbocycles. The SMILES string of the molecule is Cc1c(-c2cc3cc(NC(=O)O[C@@H]4CC(=O)N(C)C4)ncc3c(N)c2F)cnc2c1NCCC2.Cc1c(-c2cc3cc(NC(=O)O[C@H]4CC(=O)N(C)C4)ncc3c(N)c2F)cnc2c1NCCC2. The van der Waals surface area contributed by atoms with Crippen LogP contribution >= 0.6 is 0 Å². The average Bonchev–Trinajstić information content (AvgIpc) is 3.81. The van der Waals surface area contributed by atoms with Gasteiger partial charge in [0.25, 0.3) is 0 Å². The maximum atomic E-state index is 15.3. The summed E-state index contributed by atoms with van der Waals surface area (Å²) in [5.74, 6) is -0.763. The Hall–Kier alpha value is -7.90. The Labute approximate surface area is 389 Å². The van der Waals surface area contributed by atoms with Crippen LogP contribution < -0.4 is 32.7 Å². The zero-order valence-corrected chi connectivity index (χ0v) is 37.9. The number of rotatable bonds is 6. The van der Waals surface area contributed by atoms with Crippen molar-refractivity contribution in [1.82, 2.24) is 29.7 Å². The molecule has 0 spiro atoms. The Morgan fingerprint density at radius 2 is 1.06 bits per heavy atom. The van der Waals surface area contributed by atoms with E-state index < -0.39 is 36.0 Å². The topological polar surface area (TPSA) is 245 Å². The predicted octanol–water partition coefficient (Wildman–Crippen LogP) is 6.93. The van der Waals surface area contributed by atoms with Crippen molar-refractivity contribution in [3.8, 4) is 22.3 Å². The van der Waals surface area contributed by atoms with E-state index in [0.29, 0.717) is 56.9 Å². The van der Waals surface area contributed by atoms with E-state index in [9.17, 15) is 19.2 Å². The van der Waals surface area contributed by atoms with E-state index in [0.717, 1.165) is 72.7 Å². The summed E-state index contributed by atoms with van der Waals surface area (Å²) in [6.45, 7) is 6.27. The molecule has 352 valence electrons. The lowest BCUT2D eigenvalue weighted by molar-refractivity contribution is -0.127. The minimum absolute atomic E-state index is 0.0216. The number of aryl methyl sites for hydroxylation is 2. The number of nitrogen functional groups attached to an aromatic ring is 2. The number of carbonyl (C=O) groups excluding carboxylic acids is 4. The van der Waals surface area contributed by atoms with Crippen LogP contribution in [0.25, 0.3) is 43.8 Å². The summed E-state index contributed by atoms with van der Waals surface area (Å²) >= 11 is 0. The van der Waals surface area contributed by atoms with Gasteiger partial charge in [0.1, 0.15) is 23.8 Å². The third-order valence-electron chi connectivity index (χ3n) is 12.8. The highest BCUT2D eigenvalue weighted by atomic mass is 19.1. The van der Waals surface area contributed by atoms with Crippen LogP contribution in [0.1, 0.15) is 48.2 Å². The van der Waals surface area contributed by atoms with Crippen molar-refractivity contribution < 1.29 is 37.4 Å². The van der Waals surface area contributed by atoms with Gasteiger partial charge < -0.3 is 41.4 Å². The number of likely N-dealkylation sites (N-methyl/N-ethyl adjacent to an activating group) is 2. The van der Waals surface area contributed by atoms with Crippen LogP contribution in [0.3, 0.4) is 0 Å². The number of likely N-dealkylation sites (tertiary alicyclic amines) is 2. The Balaban J connectivity index is 0.000000170. The minimum atomic E-state index is -0.712. The van der Waals surface area contributed by atoms with Gasteiger partial charge in [0.2, 0.25) is 11.8 Å². The van der Waals surface area contributed by atoms with E-state index in [1.807, 2.05) is 13.8 Å². The summed E-state index contributed by atoms with van der Waals surface area (Å²) in [5.41, 5.74) is 19.8. The molecular weight excluding hydrogens is 879 g/mol. The first-order valence-electron chi connectivity index (χ1n) is 22.3. The van der Waals surface area contributed by atoms with Gasteiger partial charge >= 0.3 is 12.2 Å². The van der Waals surface area contributed by atoms with E-state index in [4.69, 9.17) is 20.9 Å². The summed E-state index contributed by atoms with van der Waals surface area (Å²) in [4.78, 5) is 68.3. The van der Waals surface area contributed by atoms with Gasteiger partial charge in [-0.2, -0.15) is 0 Å². The number of aromatic nitrogens is 4. The molecule has 4 aliphatic heterocycles. The maximum Gasteiger partial charge on any atom is 0.413 e. The summed E-state index contributed by atoms with van der Waals surface area (Å²) in [5, 5.41) is 14.0. The number of ether oxygens (including phenoxy) is 2. The molecule has 10 rings (SSSR count). The number of anilines is 6. The largest absolute Gasteiger partial charge is 0.444 e. The summed E-state index contributed by atoms with van der Waals surface area (Å²) in [6.07, 6.45) is 7.83. The van der Waals surface area contributed by atoms with Crippen molar-refractivity contribution in [2.75, 3.05) is 73.0 Å². The van der Waals surface area contributed by atoms with Gasteiger partial charge in [-0.3, -0.25) is 30.2 Å². The van der Waals surface area contributed by atoms with Gasteiger partial charge in [0, 0.05) is 85.0 Å². The normalized spacial score (nSPS) is 17.4. The Kier molecular flexibility index (Phi) is 12.3. The smallest absolute Gasteiger partial charge is 0.413 e. The fourth-order valence-corrected chi connectivity index (χ4v) is 9.14. The molecule has 6 aromatic rings. The second-order valence-electron chi connectivity index (χ2n) is 17.4. The fraction of sp³-hybridized carbons (Fsp3) is 0.333. The average molecular weight is 929 g/mol. The van der Waals surface area contributed by atoms with Gasteiger partial charge in [0.05, 0.1) is 60.1 Å². The van der Waals surface area contributed by atoms with Crippen molar-refractivity contribution in [2.45, 2.75) is 64.6 Å². The lowest BCUT2D eigenvalue weighted by Crippen LogP contribution is -2.25. The van der Waals surface area contributed by atoms with E-state index in [1.54, 1.807) is 50.8 Å². The number of nitrogens with two attached hydrogens (primary N) is 2. The number of hydrogen-bond acceptors (Lipinski definition) is 14. The molecule has 2 fully saturated rings. The van der Waals surface area contributed by atoms with Crippen molar-refractivity contribution in [3.63, 3.8) is 0 Å². The number of hydrogen-bond donors (Lipinski definition) is 6. The quantitative estimate of drug-likeness (QED) is 0.0929. The molecule has 18 nitrogen and oxygen atoms in total. The van der Waals surface area contributed by atoms with E-state index in [2.05, 4.69) is 41.2 Å². The molecular formula is C48H50F2N12O6. The number of benzene rings is 2. The molecule has 20 heteroatoms. The number of carbonyl (C=O) groups is 4. The Morgan fingerprint density at radius 1 is 0.647 bits per heavy atom. The van der Waals surface area contributed by atoms with Crippen LogP contribution in [0.4, 0.5) is 52.8 Å². The van der Waals surface area contributed by atoms with Crippen LogP contribution in [0.15, 0.2) is 49.1 Å². The molecule has 0 aliphatic carbocycles. The summed E-state index contributed by atoms with van der Waals surface area (Å²) < 4.78 is 41.3. The first-order valence-corrected chi connectivity index (χ1v) is 22.3. The molecule has 0 unspecified atom stereocenters. The number of nitrogens with zero attached hydrogens (tertiary/aromatic N) is 6. The van der Waals surface area contributed by atoms with Crippen LogP contribution in [-0.4, -0.2) is 106 Å². The molecule has 4 aromatic heterocycles. The third kappa shape index (κ3) is 8.87. The second kappa shape index (κ2) is 18.4. The van der Waals surface area contributed by atoms with Gasteiger partial charge in [0.15, 0.2) is 11.6 Å². The zero-order valence-electron chi connectivity index (χ0n) is 37.9. The number of amides is 4. The standard InChI is InChI=1S/2C24H25FN6O3/c2*1-12-16(9-28-18-4-3-5-27-23(12)18)15-6-13-7-19(29-10-17(13)22(26)21(15)25)30-24(33)34-14-8-20(32)31(2)11-14/h2*6-7,9-10,14,27H,3-5,8,11,26H2,1-2H3,(H,29,30,33)/t2*14-/m10/s1. The van der Waals surface area contributed by atoms with Crippen LogP contribution in [0.2, 0.25) is 0 Å². The monoisotopic (exact) mass is 928 g/mol. The molecule has 68 heavy (non-hydrogen) atoms. The maximum absolute atomic E-state index is 15.3. The molecule has 2 atom stereocenters. The zero-order chi connectivity index (χ0) is 48.0. The van der Waals surface area contributed by atoms with Crippen molar-refractivity contribution in [1.29, 1.82) is 0 Å². The first kappa shape index (κ1) is 45.3. The predicted molar refractivity (Wildman–Crippen MR) is 254 cm³/mol. The van der Waals surface area contributed by atoms with Gasteiger partial charge in [-0.25, -0.2) is 28.3 Å². The molecule has 4 amide bonds. The molecule has 0 radical (unpaired) electrons. The van der Waals surface area contributed by atoms with E-state index in [-0.39, 0.29) is 47.7 Å². The number of nitrogens with one attached hydrogen (secondary N) is 4. The molecule has 0 bridgehead atoms. The van der Waals surface area contributed by atoms with Crippen molar-refractivity contribution >= 4 is 79.9 Å². The van der Waals surface area contributed by atoms with Crippen molar-refractivity contribution in [3.05, 3.63) is 83.2 Å². The summed E-state index contributed by atoms with van der Waals surface area (Å²) in [6, 6.07) is 6.59. The molecule has 2 saturated heterocycles. The van der Waals surface area contributed by atoms with E-state index >= 15 is 8.78 Å². The summed E-state index contributed by atoms with van der Waals surface area (Å²) in [7, 11) is 3.32. The Bertz CT molecular complexity index is 2860. The number of pyridine rings is 4. The number of fused-ring (bicyclic) bond motifs is 4. The molecule has 8 heterocycles.